The summed E-state index contributed by atoms with van der Waals surface area (Å²) in [6, 6.07) is 1.61. The molecule has 1 amide bonds. The average Bonchev–Trinajstić information content (AvgIpc) is 2.84. The molecule has 3 N–H and O–H groups in total. The van der Waals surface area contributed by atoms with Crippen molar-refractivity contribution >= 4 is 29.0 Å². The van der Waals surface area contributed by atoms with E-state index in [1.807, 2.05) is 6.92 Å². The second-order valence-electron chi connectivity index (χ2n) is 3.52. The molecule has 7 heteroatoms. The molecule has 94 valence electrons. The summed E-state index contributed by atoms with van der Waals surface area (Å²) in [6.07, 6.45) is 4.54. The highest BCUT2D eigenvalue weighted by atomic mass is 35.5. The van der Waals surface area contributed by atoms with Gasteiger partial charge in [0.25, 0.3) is 5.91 Å². The minimum absolute atomic E-state index is 0.303. The number of carbonyl (C=O) groups is 1. The predicted octanol–water partition coefficient (Wildman–Crippen LogP) is 2.14. The fraction of sp³-hybridized carbons (Fsp3) is 0.182. The van der Waals surface area contributed by atoms with Gasteiger partial charge in [-0.3, -0.25) is 9.89 Å². The van der Waals surface area contributed by atoms with Gasteiger partial charge in [-0.05, 0) is 13.0 Å². The summed E-state index contributed by atoms with van der Waals surface area (Å²) in [5.74, 6) is 0.308. The number of hydrogen-bond acceptors (Lipinski definition) is 4. The molecule has 0 aliphatic heterocycles. The topological polar surface area (TPSA) is 82.7 Å². The third-order valence-corrected chi connectivity index (χ3v) is 2.52. The van der Waals surface area contributed by atoms with Crippen LogP contribution in [-0.4, -0.2) is 27.6 Å². The maximum absolute atomic E-state index is 12.0. The van der Waals surface area contributed by atoms with Crippen LogP contribution in [0.2, 0.25) is 5.02 Å². The number of halogens is 1. The molecule has 2 aromatic heterocycles. The van der Waals surface area contributed by atoms with E-state index in [9.17, 15) is 4.79 Å². The summed E-state index contributed by atoms with van der Waals surface area (Å²) in [4.78, 5) is 16.1. The summed E-state index contributed by atoms with van der Waals surface area (Å²) in [6.45, 7) is 2.67. The number of anilines is 2. The molecule has 0 saturated carbocycles. The van der Waals surface area contributed by atoms with Crippen molar-refractivity contribution in [2.45, 2.75) is 6.92 Å². The van der Waals surface area contributed by atoms with Crippen molar-refractivity contribution in [1.29, 1.82) is 0 Å². The van der Waals surface area contributed by atoms with E-state index in [0.29, 0.717) is 22.1 Å². The lowest BCUT2D eigenvalue weighted by molar-refractivity contribution is 0.102. The number of amides is 1. The molecule has 0 spiro atoms. The lowest BCUT2D eigenvalue weighted by atomic mass is 10.2. The zero-order chi connectivity index (χ0) is 13.0. The van der Waals surface area contributed by atoms with E-state index in [2.05, 4.69) is 25.8 Å². The molecule has 18 heavy (non-hydrogen) atoms. The molecule has 6 nitrogen and oxygen atoms in total. The number of H-pyrrole nitrogens is 1. The van der Waals surface area contributed by atoms with Gasteiger partial charge < -0.3 is 10.6 Å². The van der Waals surface area contributed by atoms with Crippen molar-refractivity contribution in [3.63, 3.8) is 0 Å². The summed E-state index contributed by atoms with van der Waals surface area (Å²) in [5, 5.41) is 12.4. The average molecular weight is 266 g/mol. The van der Waals surface area contributed by atoms with Crippen LogP contribution in [0, 0.1) is 0 Å². The van der Waals surface area contributed by atoms with Gasteiger partial charge >= 0.3 is 0 Å². The zero-order valence-corrected chi connectivity index (χ0v) is 10.5. The first-order valence-electron chi connectivity index (χ1n) is 5.40. The SMILES string of the molecule is CCNc1cc(C(=O)Nc2cn[nH]c2)c(Cl)cn1. The highest BCUT2D eigenvalue weighted by Gasteiger charge is 2.12. The Hall–Kier alpha value is -2.08. The fourth-order valence-corrected chi connectivity index (χ4v) is 1.60. The maximum Gasteiger partial charge on any atom is 0.257 e. The summed E-state index contributed by atoms with van der Waals surface area (Å²) in [7, 11) is 0. The third kappa shape index (κ3) is 2.78. The molecule has 0 aliphatic rings. The van der Waals surface area contributed by atoms with Gasteiger partial charge in [-0.1, -0.05) is 11.6 Å². The summed E-state index contributed by atoms with van der Waals surface area (Å²) >= 11 is 5.96. The lowest BCUT2D eigenvalue weighted by Gasteiger charge is -2.07. The molecular formula is C11H12ClN5O. The first-order chi connectivity index (χ1) is 8.70. The first kappa shape index (κ1) is 12.4. The van der Waals surface area contributed by atoms with Crippen LogP contribution in [0.15, 0.2) is 24.7 Å². The van der Waals surface area contributed by atoms with E-state index in [4.69, 9.17) is 11.6 Å². The Bertz CT molecular complexity index is 540. The molecule has 0 unspecified atom stereocenters. The largest absolute Gasteiger partial charge is 0.370 e. The van der Waals surface area contributed by atoms with Gasteiger partial charge in [0.2, 0.25) is 0 Å². The second-order valence-corrected chi connectivity index (χ2v) is 3.93. The highest BCUT2D eigenvalue weighted by molar-refractivity contribution is 6.34. The Morgan fingerprint density at radius 2 is 2.33 bits per heavy atom. The molecule has 0 atom stereocenters. The molecule has 0 bridgehead atoms. The molecule has 0 aromatic carbocycles. The van der Waals surface area contributed by atoms with E-state index in [1.165, 1.54) is 12.4 Å². The first-order valence-corrected chi connectivity index (χ1v) is 5.78. The van der Waals surface area contributed by atoms with Crippen LogP contribution < -0.4 is 10.6 Å². The van der Waals surface area contributed by atoms with Crippen LogP contribution >= 0.6 is 11.6 Å². The normalized spacial score (nSPS) is 10.1. The van der Waals surface area contributed by atoms with Gasteiger partial charge in [0.1, 0.15) is 5.82 Å². The van der Waals surface area contributed by atoms with Crippen LogP contribution in [0.3, 0.4) is 0 Å². The number of aromatic amines is 1. The maximum atomic E-state index is 12.0. The number of pyridine rings is 1. The number of carbonyl (C=O) groups excluding carboxylic acids is 1. The molecular weight excluding hydrogens is 254 g/mol. The molecule has 2 aromatic rings. The van der Waals surface area contributed by atoms with Crippen molar-refractivity contribution in [1.82, 2.24) is 15.2 Å². The molecule has 0 aliphatic carbocycles. The Labute approximate surface area is 109 Å². The van der Waals surface area contributed by atoms with Crippen molar-refractivity contribution in [2.75, 3.05) is 17.2 Å². The van der Waals surface area contributed by atoms with E-state index < -0.39 is 0 Å². The quantitative estimate of drug-likeness (QED) is 0.791. The minimum Gasteiger partial charge on any atom is -0.370 e. The summed E-state index contributed by atoms with van der Waals surface area (Å²) < 4.78 is 0. The fourth-order valence-electron chi connectivity index (χ4n) is 1.41. The Morgan fingerprint density at radius 1 is 1.50 bits per heavy atom. The number of hydrogen-bond donors (Lipinski definition) is 3. The number of rotatable bonds is 4. The van der Waals surface area contributed by atoms with Crippen molar-refractivity contribution in [2.24, 2.45) is 0 Å². The second kappa shape index (κ2) is 5.50. The van der Waals surface area contributed by atoms with Crippen molar-refractivity contribution in [3.8, 4) is 0 Å². The molecule has 0 fully saturated rings. The predicted molar refractivity (Wildman–Crippen MR) is 70.0 cm³/mol. The van der Waals surface area contributed by atoms with Crippen LogP contribution in [0.25, 0.3) is 0 Å². The van der Waals surface area contributed by atoms with Crippen molar-refractivity contribution in [3.05, 3.63) is 35.2 Å². The van der Waals surface area contributed by atoms with Gasteiger partial charge in [0, 0.05) is 18.9 Å². The van der Waals surface area contributed by atoms with Crippen LogP contribution in [-0.2, 0) is 0 Å². The van der Waals surface area contributed by atoms with Gasteiger partial charge in [0.05, 0.1) is 22.5 Å². The standard InChI is InChI=1S/C11H12ClN5O/c1-2-13-10-3-8(9(12)6-14-10)11(18)17-7-4-15-16-5-7/h3-6H,2H2,1H3,(H,13,14)(H,15,16)(H,17,18). The number of nitrogens with one attached hydrogen (secondary N) is 3. The monoisotopic (exact) mass is 265 g/mol. The van der Waals surface area contributed by atoms with Crippen LogP contribution in [0.4, 0.5) is 11.5 Å². The van der Waals surface area contributed by atoms with Crippen molar-refractivity contribution < 1.29 is 4.79 Å². The third-order valence-electron chi connectivity index (χ3n) is 2.21. The van der Waals surface area contributed by atoms with Gasteiger partial charge in [-0.25, -0.2) is 4.98 Å². The Kier molecular flexibility index (Phi) is 3.78. The smallest absolute Gasteiger partial charge is 0.257 e. The molecule has 2 rings (SSSR count). The molecule has 2 heterocycles. The Balaban J connectivity index is 2.20. The highest BCUT2D eigenvalue weighted by Crippen LogP contribution is 2.19. The van der Waals surface area contributed by atoms with Gasteiger partial charge in [0.15, 0.2) is 0 Å². The lowest BCUT2D eigenvalue weighted by Crippen LogP contribution is -2.13. The van der Waals surface area contributed by atoms with Gasteiger partial charge in [-0.2, -0.15) is 5.10 Å². The van der Waals surface area contributed by atoms with Crippen LogP contribution in [0.5, 0.6) is 0 Å². The van der Waals surface area contributed by atoms with E-state index >= 15 is 0 Å². The summed E-state index contributed by atoms with van der Waals surface area (Å²) in [5.41, 5.74) is 0.946. The number of nitrogens with zero attached hydrogens (tertiary/aromatic N) is 2. The van der Waals surface area contributed by atoms with Gasteiger partial charge in [-0.15, -0.1) is 0 Å². The minimum atomic E-state index is -0.303. The van der Waals surface area contributed by atoms with E-state index in [1.54, 1.807) is 12.3 Å². The van der Waals surface area contributed by atoms with E-state index in [0.717, 1.165) is 6.54 Å². The number of aromatic nitrogens is 3. The van der Waals surface area contributed by atoms with E-state index in [-0.39, 0.29) is 5.91 Å². The Morgan fingerprint density at radius 3 is 3.00 bits per heavy atom. The molecule has 0 radical (unpaired) electrons. The molecule has 0 saturated heterocycles. The zero-order valence-electron chi connectivity index (χ0n) is 9.70. The van der Waals surface area contributed by atoms with Crippen LogP contribution in [0.1, 0.15) is 17.3 Å².